The normalized spacial score (nSPS) is 11.6. The molecule has 0 atom stereocenters. The van der Waals surface area contributed by atoms with Crippen LogP contribution in [0, 0.1) is 13.8 Å². The first kappa shape index (κ1) is 21.0. The number of benzene rings is 1. The van der Waals surface area contributed by atoms with E-state index in [4.69, 9.17) is 9.73 Å². The van der Waals surface area contributed by atoms with Gasteiger partial charge in [-0.15, -0.1) is 0 Å². The molecule has 0 aliphatic heterocycles. The number of para-hydroxylation sites is 1. The minimum Gasteiger partial charge on any atom is -0.382 e. The van der Waals surface area contributed by atoms with Crippen LogP contribution in [0.25, 0.3) is 5.69 Å². The van der Waals surface area contributed by atoms with Crippen molar-refractivity contribution in [1.82, 2.24) is 20.4 Å². The second kappa shape index (κ2) is 11.4. The molecule has 0 amide bonds. The molecule has 6 nitrogen and oxygen atoms in total. The van der Waals surface area contributed by atoms with Crippen LogP contribution in [0.3, 0.4) is 0 Å². The van der Waals surface area contributed by atoms with E-state index in [0.717, 1.165) is 67.7 Å². The van der Waals surface area contributed by atoms with Gasteiger partial charge in [0, 0.05) is 32.0 Å². The summed E-state index contributed by atoms with van der Waals surface area (Å²) in [4.78, 5) is 4.76. The van der Waals surface area contributed by atoms with Crippen molar-refractivity contribution >= 4 is 5.96 Å². The number of aryl methyl sites for hydroxylation is 2. The number of ether oxygens (including phenoxy) is 1. The minimum absolute atomic E-state index is 0.600. The van der Waals surface area contributed by atoms with Crippen molar-refractivity contribution in [3.8, 4) is 5.69 Å². The molecule has 0 aliphatic carbocycles. The highest BCUT2D eigenvalue weighted by Gasteiger charge is 2.08. The Morgan fingerprint density at radius 3 is 2.67 bits per heavy atom. The SMILES string of the molecule is CCNC(=NCc1ccccc1-n1nc(C)cc1C)NCCCCOCC. The second-order valence-corrected chi connectivity index (χ2v) is 6.49. The number of hydrogen-bond acceptors (Lipinski definition) is 3. The van der Waals surface area contributed by atoms with Crippen molar-refractivity contribution in [3.05, 3.63) is 47.3 Å². The molecule has 0 bridgehead atoms. The molecule has 0 aliphatic rings. The van der Waals surface area contributed by atoms with Crippen LogP contribution in [0.1, 0.15) is 43.6 Å². The molecule has 1 aromatic heterocycles. The molecule has 0 unspecified atom stereocenters. The van der Waals surface area contributed by atoms with Gasteiger partial charge in [-0.2, -0.15) is 5.10 Å². The van der Waals surface area contributed by atoms with E-state index in [-0.39, 0.29) is 0 Å². The van der Waals surface area contributed by atoms with E-state index in [9.17, 15) is 0 Å². The summed E-state index contributed by atoms with van der Waals surface area (Å²) in [6.45, 7) is 12.1. The molecule has 27 heavy (non-hydrogen) atoms. The number of rotatable bonds is 10. The second-order valence-electron chi connectivity index (χ2n) is 6.49. The number of nitrogens with zero attached hydrogens (tertiary/aromatic N) is 3. The molecule has 0 radical (unpaired) electrons. The quantitative estimate of drug-likeness (QED) is 0.382. The van der Waals surface area contributed by atoms with Gasteiger partial charge < -0.3 is 15.4 Å². The summed E-state index contributed by atoms with van der Waals surface area (Å²) >= 11 is 0. The van der Waals surface area contributed by atoms with E-state index in [1.165, 1.54) is 0 Å². The average molecular weight is 372 g/mol. The Morgan fingerprint density at radius 1 is 1.15 bits per heavy atom. The Hall–Kier alpha value is -2.34. The number of guanidine groups is 1. The van der Waals surface area contributed by atoms with Gasteiger partial charge in [-0.1, -0.05) is 18.2 Å². The van der Waals surface area contributed by atoms with E-state index in [2.05, 4.69) is 47.8 Å². The summed E-state index contributed by atoms with van der Waals surface area (Å²) in [6.07, 6.45) is 2.12. The van der Waals surface area contributed by atoms with Crippen molar-refractivity contribution in [2.75, 3.05) is 26.3 Å². The molecule has 0 saturated carbocycles. The van der Waals surface area contributed by atoms with Crippen LogP contribution in [0.2, 0.25) is 0 Å². The lowest BCUT2D eigenvalue weighted by molar-refractivity contribution is 0.143. The Morgan fingerprint density at radius 2 is 1.96 bits per heavy atom. The fraction of sp³-hybridized carbons (Fsp3) is 0.524. The zero-order chi connectivity index (χ0) is 19.5. The van der Waals surface area contributed by atoms with Crippen LogP contribution in [-0.4, -0.2) is 42.0 Å². The molecular formula is C21H33N5O. The van der Waals surface area contributed by atoms with Gasteiger partial charge in [-0.25, -0.2) is 9.67 Å². The van der Waals surface area contributed by atoms with Crippen LogP contribution < -0.4 is 10.6 Å². The van der Waals surface area contributed by atoms with Crippen molar-refractivity contribution in [2.24, 2.45) is 4.99 Å². The molecule has 2 aromatic rings. The van der Waals surface area contributed by atoms with Gasteiger partial charge in [-0.05, 0) is 58.2 Å². The van der Waals surface area contributed by atoms with E-state index in [1.54, 1.807) is 0 Å². The Bertz CT molecular complexity index is 723. The predicted molar refractivity (Wildman–Crippen MR) is 112 cm³/mol. The van der Waals surface area contributed by atoms with Crippen LogP contribution in [0.5, 0.6) is 0 Å². The molecule has 0 spiro atoms. The third kappa shape index (κ3) is 6.71. The molecule has 2 N–H and O–H groups in total. The molecule has 1 heterocycles. The summed E-state index contributed by atoms with van der Waals surface area (Å²) in [7, 11) is 0. The maximum atomic E-state index is 5.38. The molecular weight excluding hydrogens is 338 g/mol. The van der Waals surface area contributed by atoms with Crippen molar-refractivity contribution in [1.29, 1.82) is 0 Å². The highest BCUT2D eigenvalue weighted by atomic mass is 16.5. The zero-order valence-corrected chi connectivity index (χ0v) is 17.1. The minimum atomic E-state index is 0.600. The highest BCUT2D eigenvalue weighted by molar-refractivity contribution is 5.79. The fourth-order valence-electron chi connectivity index (χ4n) is 2.91. The molecule has 0 saturated heterocycles. The van der Waals surface area contributed by atoms with E-state index in [0.29, 0.717) is 6.54 Å². The Labute approximate surface area is 163 Å². The largest absolute Gasteiger partial charge is 0.382 e. The van der Waals surface area contributed by atoms with Crippen molar-refractivity contribution in [3.63, 3.8) is 0 Å². The molecule has 1 aromatic carbocycles. The van der Waals surface area contributed by atoms with Crippen LogP contribution in [0.15, 0.2) is 35.3 Å². The van der Waals surface area contributed by atoms with Gasteiger partial charge in [0.15, 0.2) is 5.96 Å². The summed E-state index contributed by atoms with van der Waals surface area (Å²) in [6, 6.07) is 10.4. The third-order valence-electron chi connectivity index (χ3n) is 4.19. The smallest absolute Gasteiger partial charge is 0.191 e. The number of hydrogen-bond donors (Lipinski definition) is 2. The first-order chi connectivity index (χ1) is 13.2. The van der Waals surface area contributed by atoms with Gasteiger partial charge in [0.25, 0.3) is 0 Å². The van der Waals surface area contributed by atoms with Gasteiger partial charge in [0.2, 0.25) is 0 Å². The number of aromatic nitrogens is 2. The molecule has 0 fully saturated rings. The fourth-order valence-corrected chi connectivity index (χ4v) is 2.91. The average Bonchev–Trinajstić information content (AvgIpc) is 3.00. The summed E-state index contributed by atoms with van der Waals surface area (Å²) in [5.41, 5.74) is 4.38. The topological polar surface area (TPSA) is 63.5 Å². The van der Waals surface area contributed by atoms with Gasteiger partial charge in [0.1, 0.15) is 0 Å². The lowest BCUT2D eigenvalue weighted by Gasteiger charge is -2.13. The van der Waals surface area contributed by atoms with Crippen LogP contribution >= 0.6 is 0 Å². The first-order valence-corrected chi connectivity index (χ1v) is 9.87. The van der Waals surface area contributed by atoms with Crippen molar-refractivity contribution in [2.45, 2.75) is 47.1 Å². The van der Waals surface area contributed by atoms with E-state index >= 15 is 0 Å². The highest BCUT2D eigenvalue weighted by Crippen LogP contribution is 2.17. The van der Waals surface area contributed by atoms with Crippen molar-refractivity contribution < 1.29 is 4.74 Å². The summed E-state index contributed by atoms with van der Waals surface area (Å²) in [5, 5.41) is 11.3. The maximum Gasteiger partial charge on any atom is 0.191 e. The Kier molecular flexibility index (Phi) is 8.84. The number of nitrogens with one attached hydrogen (secondary N) is 2. The lowest BCUT2D eigenvalue weighted by Crippen LogP contribution is -2.37. The first-order valence-electron chi connectivity index (χ1n) is 9.87. The summed E-state index contributed by atoms with van der Waals surface area (Å²) in [5.74, 6) is 0.845. The number of aliphatic imine (C=N–C) groups is 1. The molecule has 148 valence electrons. The maximum absolute atomic E-state index is 5.38. The van der Waals surface area contributed by atoms with Crippen LogP contribution in [-0.2, 0) is 11.3 Å². The monoisotopic (exact) mass is 371 g/mol. The Balaban J connectivity index is 2.02. The van der Waals surface area contributed by atoms with Gasteiger partial charge in [0.05, 0.1) is 17.9 Å². The molecule has 2 rings (SSSR count). The standard InChI is InChI=1S/C21H33N5O/c1-5-22-21(23-13-9-10-14-27-6-2)24-16-19-11-7-8-12-20(19)26-18(4)15-17(3)25-26/h7-8,11-12,15H,5-6,9-10,13-14,16H2,1-4H3,(H2,22,23,24). The van der Waals surface area contributed by atoms with Crippen LogP contribution in [0.4, 0.5) is 0 Å². The van der Waals surface area contributed by atoms with E-state index < -0.39 is 0 Å². The summed E-state index contributed by atoms with van der Waals surface area (Å²) < 4.78 is 7.37. The third-order valence-corrected chi connectivity index (χ3v) is 4.19. The van der Waals surface area contributed by atoms with Gasteiger partial charge in [-0.3, -0.25) is 0 Å². The van der Waals surface area contributed by atoms with Gasteiger partial charge >= 0.3 is 0 Å². The van der Waals surface area contributed by atoms with E-state index in [1.807, 2.05) is 30.7 Å². The lowest BCUT2D eigenvalue weighted by atomic mass is 10.2. The molecule has 6 heteroatoms. The zero-order valence-electron chi connectivity index (χ0n) is 17.1. The number of unbranched alkanes of at least 4 members (excludes halogenated alkanes) is 1. The predicted octanol–water partition coefficient (Wildman–Crippen LogP) is 3.36.